The van der Waals surface area contributed by atoms with Crippen LogP contribution in [-0.2, 0) is 4.79 Å². The number of Topliss-reactive ketones (excluding diaryl/α,β-unsaturated/α-hetero) is 1. The summed E-state index contributed by atoms with van der Waals surface area (Å²) in [6.07, 6.45) is 14.0. The standard InChI is InChI=1S/C28H38O2/c1-4-30-22-11-8-19(9-12-22)17-20-18-25-23-13-10-21-7-5-6-15-27(21,2)24(23)14-16-28(25,3)26(20)29/h8-9,11-12,17,21,23-25H,4-7,10,13-16,18H2,1-3H3/b20-17-/t21-,23-,24+,25+,27-,28+/m0/s1. The summed E-state index contributed by atoms with van der Waals surface area (Å²) in [6.45, 7) is 7.60. The number of rotatable bonds is 3. The van der Waals surface area contributed by atoms with Crippen molar-refractivity contribution in [2.75, 3.05) is 6.61 Å². The fourth-order valence-electron chi connectivity index (χ4n) is 8.12. The first kappa shape index (κ1) is 20.3. The van der Waals surface area contributed by atoms with Crippen LogP contribution in [0.3, 0.4) is 0 Å². The van der Waals surface area contributed by atoms with E-state index in [0.29, 0.717) is 23.7 Å². The summed E-state index contributed by atoms with van der Waals surface area (Å²) in [7, 11) is 0. The Morgan fingerprint density at radius 3 is 2.57 bits per heavy atom. The molecule has 30 heavy (non-hydrogen) atoms. The monoisotopic (exact) mass is 406 g/mol. The van der Waals surface area contributed by atoms with Gasteiger partial charge in [-0.3, -0.25) is 4.79 Å². The summed E-state index contributed by atoms with van der Waals surface area (Å²) in [5, 5.41) is 0. The van der Waals surface area contributed by atoms with Crippen LogP contribution in [0.25, 0.3) is 6.08 Å². The Labute approximate surface area is 182 Å². The van der Waals surface area contributed by atoms with E-state index >= 15 is 0 Å². The van der Waals surface area contributed by atoms with Crippen molar-refractivity contribution in [3.8, 4) is 5.75 Å². The van der Waals surface area contributed by atoms with Gasteiger partial charge in [0.05, 0.1) is 6.61 Å². The maximum atomic E-state index is 13.6. The van der Waals surface area contributed by atoms with Gasteiger partial charge in [0.1, 0.15) is 5.75 Å². The van der Waals surface area contributed by atoms with Gasteiger partial charge in [-0.25, -0.2) is 0 Å². The van der Waals surface area contributed by atoms with Gasteiger partial charge in [0, 0.05) is 5.41 Å². The minimum atomic E-state index is -0.129. The molecule has 4 saturated carbocycles. The largest absolute Gasteiger partial charge is 0.494 e. The lowest BCUT2D eigenvalue weighted by molar-refractivity contribution is -0.137. The van der Waals surface area contributed by atoms with Gasteiger partial charge < -0.3 is 4.74 Å². The molecule has 0 bridgehead atoms. The van der Waals surface area contributed by atoms with Gasteiger partial charge in [-0.05, 0) is 110 Å². The Morgan fingerprint density at radius 1 is 1.00 bits per heavy atom. The van der Waals surface area contributed by atoms with E-state index in [2.05, 4.69) is 32.1 Å². The van der Waals surface area contributed by atoms with E-state index in [1.165, 1.54) is 44.9 Å². The molecule has 4 aliphatic rings. The van der Waals surface area contributed by atoms with Crippen molar-refractivity contribution in [2.45, 2.75) is 78.6 Å². The molecule has 0 N–H and O–H groups in total. The maximum absolute atomic E-state index is 13.6. The highest BCUT2D eigenvalue weighted by Crippen LogP contribution is 2.66. The Hall–Kier alpha value is -1.57. The number of allylic oxidation sites excluding steroid dienone is 1. The van der Waals surface area contributed by atoms with Crippen molar-refractivity contribution in [3.63, 3.8) is 0 Å². The van der Waals surface area contributed by atoms with Crippen molar-refractivity contribution < 1.29 is 9.53 Å². The van der Waals surface area contributed by atoms with Gasteiger partial charge in [-0.2, -0.15) is 0 Å². The van der Waals surface area contributed by atoms with Gasteiger partial charge in [0.25, 0.3) is 0 Å². The quantitative estimate of drug-likeness (QED) is 0.501. The van der Waals surface area contributed by atoms with Crippen LogP contribution in [0.15, 0.2) is 29.8 Å². The maximum Gasteiger partial charge on any atom is 0.165 e. The summed E-state index contributed by atoms with van der Waals surface area (Å²) < 4.78 is 5.57. The number of carbonyl (C=O) groups is 1. The van der Waals surface area contributed by atoms with E-state index in [4.69, 9.17) is 4.74 Å². The zero-order valence-electron chi connectivity index (χ0n) is 19.1. The van der Waals surface area contributed by atoms with Crippen LogP contribution >= 0.6 is 0 Å². The molecule has 0 amide bonds. The van der Waals surface area contributed by atoms with Crippen molar-refractivity contribution in [1.29, 1.82) is 0 Å². The average Bonchev–Trinajstić information content (AvgIpc) is 3.00. The predicted molar refractivity (Wildman–Crippen MR) is 122 cm³/mol. The molecule has 162 valence electrons. The first-order valence-corrected chi connectivity index (χ1v) is 12.4. The van der Waals surface area contributed by atoms with E-state index in [1.54, 1.807) is 0 Å². The number of hydrogen-bond acceptors (Lipinski definition) is 2. The van der Waals surface area contributed by atoms with Gasteiger partial charge in [-0.1, -0.05) is 38.8 Å². The molecule has 0 heterocycles. The number of ether oxygens (including phenoxy) is 1. The highest BCUT2D eigenvalue weighted by atomic mass is 16.5. The molecule has 4 fully saturated rings. The normalized spacial score (nSPS) is 41.8. The fourth-order valence-corrected chi connectivity index (χ4v) is 8.12. The fraction of sp³-hybridized carbons (Fsp3) is 0.679. The number of benzene rings is 1. The van der Waals surface area contributed by atoms with Gasteiger partial charge >= 0.3 is 0 Å². The van der Waals surface area contributed by atoms with Crippen molar-refractivity contribution in [2.24, 2.45) is 34.5 Å². The molecule has 1 aromatic rings. The van der Waals surface area contributed by atoms with Crippen LogP contribution in [0.1, 0.15) is 84.1 Å². The second-order valence-corrected chi connectivity index (χ2v) is 11.1. The highest BCUT2D eigenvalue weighted by Gasteiger charge is 2.60. The average molecular weight is 407 g/mol. The van der Waals surface area contributed by atoms with E-state index in [0.717, 1.165) is 47.5 Å². The van der Waals surface area contributed by atoms with Gasteiger partial charge in [0.2, 0.25) is 0 Å². The Balaban J connectivity index is 1.41. The van der Waals surface area contributed by atoms with Gasteiger partial charge in [-0.15, -0.1) is 0 Å². The summed E-state index contributed by atoms with van der Waals surface area (Å²) in [6, 6.07) is 8.22. The minimum absolute atomic E-state index is 0.129. The van der Waals surface area contributed by atoms with Crippen LogP contribution in [0.5, 0.6) is 5.75 Å². The molecule has 6 atom stereocenters. The van der Waals surface area contributed by atoms with Crippen LogP contribution in [0.2, 0.25) is 0 Å². The number of hydrogen-bond donors (Lipinski definition) is 0. The summed E-state index contributed by atoms with van der Waals surface area (Å²) >= 11 is 0. The summed E-state index contributed by atoms with van der Waals surface area (Å²) in [5.41, 5.74) is 2.61. The topological polar surface area (TPSA) is 26.3 Å². The summed E-state index contributed by atoms with van der Waals surface area (Å²) in [4.78, 5) is 13.6. The lowest BCUT2D eigenvalue weighted by Gasteiger charge is -2.59. The van der Waals surface area contributed by atoms with Crippen molar-refractivity contribution >= 4 is 11.9 Å². The lowest BCUT2D eigenvalue weighted by atomic mass is 9.45. The third-order valence-corrected chi connectivity index (χ3v) is 9.76. The third-order valence-electron chi connectivity index (χ3n) is 9.76. The molecule has 0 unspecified atom stereocenters. The molecule has 1 aromatic carbocycles. The van der Waals surface area contributed by atoms with Crippen LogP contribution in [-0.4, -0.2) is 12.4 Å². The van der Waals surface area contributed by atoms with Crippen molar-refractivity contribution in [3.05, 3.63) is 35.4 Å². The van der Waals surface area contributed by atoms with E-state index in [1.807, 2.05) is 19.1 Å². The molecule has 2 nitrogen and oxygen atoms in total. The van der Waals surface area contributed by atoms with Crippen molar-refractivity contribution in [1.82, 2.24) is 0 Å². The third kappa shape index (κ3) is 3.09. The predicted octanol–water partition coefficient (Wildman–Crippen LogP) is 7.08. The molecular formula is C28H38O2. The van der Waals surface area contributed by atoms with E-state index in [9.17, 15) is 4.79 Å². The first-order valence-electron chi connectivity index (χ1n) is 12.4. The van der Waals surface area contributed by atoms with Crippen LogP contribution in [0.4, 0.5) is 0 Å². The lowest BCUT2D eigenvalue weighted by Crippen LogP contribution is -2.52. The Morgan fingerprint density at radius 2 is 1.80 bits per heavy atom. The van der Waals surface area contributed by atoms with Crippen LogP contribution in [0, 0.1) is 34.5 Å². The second kappa shape index (κ2) is 7.53. The van der Waals surface area contributed by atoms with Gasteiger partial charge in [0.15, 0.2) is 5.78 Å². The minimum Gasteiger partial charge on any atom is -0.494 e. The smallest absolute Gasteiger partial charge is 0.165 e. The zero-order chi connectivity index (χ0) is 20.9. The number of fused-ring (bicyclic) bond motifs is 5. The van der Waals surface area contributed by atoms with E-state index in [-0.39, 0.29) is 5.41 Å². The number of ketones is 1. The summed E-state index contributed by atoms with van der Waals surface area (Å²) in [5.74, 6) is 4.42. The molecule has 2 heteroatoms. The molecule has 5 rings (SSSR count). The molecule has 0 spiro atoms. The molecule has 0 aliphatic heterocycles. The SMILES string of the molecule is CCOc1ccc(/C=C2/C[C@@H]3[C@H]4CC[C@@H]5CCCC[C@]5(C)[C@@H]4CC[C@@]3(C)C2=O)cc1. The number of carbonyl (C=O) groups excluding carboxylic acids is 1. The molecule has 0 radical (unpaired) electrons. The second-order valence-electron chi connectivity index (χ2n) is 11.1. The molecular weight excluding hydrogens is 368 g/mol. The Kier molecular flexibility index (Phi) is 5.11. The molecule has 0 saturated heterocycles. The molecule has 4 aliphatic carbocycles. The highest BCUT2D eigenvalue weighted by molar-refractivity contribution is 6.05. The van der Waals surface area contributed by atoms with Crippen LogP contribution < -0.4 is 4.74 Å². The van der Waals surface area contributed by atoms with E-state index < -0.39 is 0 Å². The molecule has 0 aromatic heterocycles. The Bertz CT molecular complexity index is 837. The zero-order valence-corrected chi connectivity index (χ0v) is 19.1. The first-order chi connectivity index (χ1) is 14.5.